The molecule has 0 atom stereocenters. The summed E-state index contributed by atoms with van der Waals surface area (Å²) in [4.78, 5) is 13.0. The van der Waals surface area contributed by atoms with Gasteiger partial charge >= 0.3 is 6.09 Å². The summed E-state index contributed by atoms with van der Waals surface area (Å²) in [5.41, 5.74) is 1.48. The maximum Gasteiger partial charge on any atom is 0.414 e. The molecule has 0 saturated carbocycles. The van der Waals surface area contributed by atoms with Gasteiger partial charge < -0.3 is 9.84 Å². The molecule has 4 heteroatoms. The summed E-state index contributed by atoms with van der Waals surface area (Å²) < 4.78 is 4.92. The van der Waals surface area contributed by atoms with E-state index in [-0.39, 0.29) is 5.75 Å². The van der Waals surface area contributed by atoms with Crippen LogP contribution >= 0.6 is 0 Å². The summed E-state index contributed by atoms with van der Waals surface area (Å²) in [6.45, 7) is 4.13. The predicted octanol–water partition coefficient (Wildman–Crippen LogP) is 2.94. The fraction of sp³-hybridized carbons (Fsp3) is 0.462. The van der Waals surface area contributed by atoms with E-state index in [1.54, 1.807) is 26.1 Å². The van der Waals surface area contributed by atoms with Crippen LogP contribution in [-0.2, 0) is 11.2 Å². The van der Waals surface area contributed by atoms with Crippen molar-refractivity contribution in [3.05, 3.63) is 23.8 Å². The Morgan fingerprint density at radius 3 is 2.71 bits per heavy atom. The molecule has 0 aliphatic rings. The van der Waals surface area contributed by atoms with E-state index in [0.29, 0.717) is 12.3 Å². The highest BCUT2D eigenvalue weighted by Crippen LogP contribution is 2.31. The van der Waals surface area contributed by atoms with Crippen LogP contribution in [0.4, 0.5) is 10.5 Å². The van der Waals surface area contributed by atoms with Crippen LogP contribution in [0.25, 0.3) is 0 Å². The van der Waals surface area contributed by atoms with Crippen LogP contribution in [0, 0.1) is 0 Å². The fourth-order valence-electron chi connectivity index (χ4n) is 1.75. The Balaban J connectivity index is 3.05. The Morgan fingerprint density at radius 1 is 1.41 bits per heavy atom. The molecule has 1 N–H and O–H groups in total. The lowest BCUT2D eigenvalue weighted by molar-refractivity contribution is 0.161. The lowest BCUT2D eigenvalue weighted by Crippen LogP contribution is -2.28. The Bertz CT molecular complexity index is 390. The van der Waals surface area contributed by atoms with Crippen molar-refractivity contribution >= 4 is 11.8 Å². The topological polar surface area (TPSA) is 49.8 Å². The van der Waals surface area contributed by atoms with Crippen LogP contribution in [0.2, 0.25) is 0 Å². The van der Waals surface area contributed by atoms with Gasteiger partial charge in [0.25, 0.3) is 0 Å². The van der Waals surface area contributed by atoms with Crippen LogP contribution in [0.15, 0.2) is 18.2 Å². The van der Waals surface area contributed by atoms with Crippen LogP contribution in [-0.4, -0.2) is 24.9 Å². The van der Waals surface area contributed by atoms with Gasteiger partial charge in [-0.25, -0.2) is 4.79 Å². The zero-order valence-electron chi connectivity index (χ0n) is 10.6. The molecule has 1 amide bonds. The number of phenolic OH excluding ortho intramolecular Hbond substituents is 1. The molecule has 0 radical (unpaired) electrons. The highest BCUT2D eigenvalue weighted by molar-refractivity contribution is 5.90. The second kappa shape index (κ2) is 6.13. The van der Waals surface area contributed by atoms with Crippen molar-refractivity contribution in [1.29, 1.82) is 0 Å². The number of aromatic hydroxyl groups is 1. The Kier molecular flexibility index (Phi) is 4.82. The van der Waals surface area contributed by atoms with Gasteiger partial charge in [0.05, 0.1) is 12.3 Å². The van der Waals surface area contributed by atoms with Gasteiger partial charge in [0.2, 0.25) is 0 Å². The first-order valence-corrected chi connectivity index (χ1v) is 5.83. The molecule has 0 aliphatic heterocycles. The number of carbonyl (C=O) groups is 1. The first-order chi connectivity index (χ1) is 8.11. The number of nitrogens with zero attached hydrogens (tertiary/aromatic N) is 1. The van der Waals surface area contributed by atoms with E-state index in [9.17, 15) is 9.90 Å². The monoisotopic (exact) mass is 237 g/mol. The summed E-state index contributed by atoms with van der Waals surface area (Å²) in [6, 6.07) is 5.27. The van der Waals surface area contributed by atoms with E-state index < -0.39 is 6.09 Å². The Morgan fingerprint density at radius 2 is 2.12 bits per heavy atom. The first-order valence-electron chi connectivity index (χ1n) is 5.83. The molecular weight excluding hydrogens is 218 g/mol. The number of benzene rings is 1. The van der Waals surface area contributed by atoms with E-state index in [0.717, 1.165) is 18.4 Å². The molecule has 1 aromatic rings. The summed E-state index contributed by atoms with van der Waals surface area (Å²) in [6.07, 6.45) is 1.31. The second-order valence-corrected chi connectivity index (χ2v) is 3.79. The smallest absolute Gasteiger partial charge is 0.414 e. The number of amides is 1. The van der Waals surface area contributed by atoms with E-state index in [4.69, 9.17) is 4.74 Å². The van der Waals surface area contributed by atoms with Crippen LogP contribution in [0.3, 0.4) is 0 Å². The number of rotatable bonds is 4. The maximum absolute atomic E-state index is 11.6. The molecule has 0 saturated heterocycles. The van der Waals surface area contributed by atoms with E-state index in [1.807, 2.05) is 6.07 Å². The Labute approximate surface area is 102 Å². The van der Waals surface area contributed by atoms with Crippen molar-refractivity contribution in [3.8, 4) is 5.75 Å². The highest BCUT2D eigenvalue weighted by Gasteiger charge is 2.18. The molecule has 94 valence electrons. The molecule has 1 rings (SSSR count). The lowest BCUT2D eigenvalue weighted by Gasteiger charge is -2.20. The number of para-hydroxylation sites is 1. The first kappa shape index (κ1) is 13.4. The predicted molar refractivity (Wildman–Crippen MR) is 67.5 cm³/mol. The van der Waals surface area contributed by atoms with Gasteiger partial charge in [-0.3, -0.25) is 4.90 Å². The van der Waals surface area contributed by atoms with E-state index >= 15 is 0 Å². The molecule has 0 fully saturated rings. The molecule has 17 heavy (non-hydrogen) atoms. The summed E-state index contributed by atoms with van der Waals surface area (Å²) in [5, 5.41) is 9.86. The summed E-state index contributed by atoms with van der Waals surface area (Å²) in [5.74, 6) is 0.103. The number of aryl methyl sites for hydroxylation is 1. The molecule has 4 nitrogen and oxygen atoms in total. The van der Waals surface area contributed by atoms with Crippen LogP contribution < -0.4 is 4.90 Å². The molecule has 0 heterocycles. The molecule has 0 aromatic heterocycles. The van der Waals surface area contributed by atoms with Gasteiger partial charge in [-0.15, -0.1) is 0 Å². The second-order valence-electron chi connectivity index (χ2n) is 3.79. The molecular formula is C13H19NO3. The third-order valence-corrected chi connectivity index (χ3v) is 2.49. The minimum absolute atomic E-state index is 0.103. The van der Waals surface area contributed by atoms with Crippen molar-refractivity contribution in [2.75, 3.05) is 18.6 Å². The number of hydrogen-bond acceptors (Lipinski definition) is 3. The molecule has 0 unspecified atom stereocenters. The summed E-state index contributed by atoms with van der Waals surface area (Å²) in [7, 11) is 1.60. The van der Waals surface area contributed by atoms with Crippen LogP contribution in [0.5, 0.6) is 5.75 Å². The quantitative estimate of drug-likeness (QED) is 0.875. The SMILES string of the molecule is CCCc1cccc(O)c1N(C)C(=O)OCC. The van der Waals surface area contributed by atoms with E-state index in [2.05, 4.69) is 6.92 Å². The number of ether oxygens (including phenoxy) is 1. The largest absolute Gasteiger partial charge is 0.506 e. The maximum atomic E-state index is 11.6. The van der Waals surface area contributed by atoms with Crippen molar-refractivity contribution in [2.24, 2.45) is 0 Å². The van der Waals surface area contributed by atoms with Crippen molar-refractivity contribution < 1.29 is 14.6 Å². The average Bonchev–Trinajstić information content (AvgIpc) is 2.29. The Hall–Kier alpha value is -1.71. The standard InChI is InChI=1S/C13H19NO3/c1-4-7-10-8-6-9-11(15)12(10)14(3)13(16)17-5-2/h6,8-9,15H,4-5,7H2,1-3H3. The zero-order chi connectivity index (χ0) is 12.8. The third-order valence-electron chi connectivity index (χ3n) is 2.49. The van der Waals surface area contributed by atoms with Gasteiger partial charge in [0, 0.05) is 7.05 Å². The number of carbonyl (C=O) groups excluding carboxylic acids is 1. The molecule has 0 spiro atoms. The van der Waals surface area contributed by atoms with Crippen molar-refractivity contribution in [1.82, 2.24) is 0 Å². The molecule has 0 aliphatic carbocycles. The minimum atomic E-state index is -0.452. The fourth-order valence-corrected chi connectivity index (χ4v) is 1.75. The summed E-state index contributed by atoms with van der Waals surface area (Å²) >= 11 is 0. The number of phenols is 1. The van der Waals surface area contributed by atoms with Gasteiger partial charge in [-0.05, 0) is 25.0 Å². The molecule has 1 aromatic carbocycles. The van der Waals surface area contributed by atoms with Crippen LogP contribution in [0.1, 0.15) is 25.8 Å². The van der Waals surface area contributed by atoms with Gasteiger partial charge in [0.1, 0.15) is 5.75 Å². The minimum Gasteiger partial charge on any atom is -0.506 e. The average molecular weight is 237 g/mol. The van der Waals surface area contributed by atoms with Gasteiger partial charge in [-0.1, -0.05) is 25.5 Å². The lowest BCUT2D eigenvalue weighted by atomic mass is 10.1. The van der Waals surface area contributed by atoms with Crippen molar-refractivity contribution in [3.63, 3.8) is 0 Å². The number of anilines is 1. The van der Waals surface area contributed by atoms with E-state index in [1.165, 1.54) is 4.90 Å². The normalized spacial score (nSPS) is 10.1. The van der Waals surface area contributed by atoms with Crippen molar-refractivity contribution in [2.45, 2.75) is 26.7 Å². The zero-order valence-corrected chi connectivity index (χ0v) is 10.6. The third kappa shape index (κ3) is 3.12. The molecule has 0 bridgehead atoms. The highest BCUT2D eigenvalue weighted by atomic mass is 16.6. The van der Waals surface area contributed by atoms with Gasteiger partial charge in [0.15, 0.2) is 0 Å². The van der Waals surface area contributed by atoms with Gasteiger partial charge in [-0.2, -0.15) is 0 Å². The number of hydrogen-bond donors (Lipinski definition) is 1.